The summed E-state index contributed by atoms with van der Waals surface area (Å²) in [5.41, 5.74) is 2.35. The van der Waals surface area contributed by atoms with Crippen LogP contribution < -0.4 is 16.0 Å². The van der Waals surface area contributed by atoms with Crippen LogP contribution in [0.4, 0.5) is 4.79 Å². The van der Waals surface area contributed by atoms with Crippen LogP contribution in [-0.2, 0) is 14.9 Å². The molecule has 0 radical (unpaired) electrons. The molecule has 1 fully saturated rings. The molecule has 1 aromatic carbocycles. The van der Waals surface area contributed by atoms with E-state index >= 15 is 0 Å². The lowest BCUT2D eigenvalue weighted by atomic mass is 9.72. The molecule has 0 saturated carbocycles. The van der Waals surface area contributed by atoms with E-state index in [2.05, 4.69) is 35.0 Å². The van der Waals surface area contributed by atoms with Crippen LogP contribution in [0, 0.1) is 6.92 Å². The molecule has 2 rings (SSSR count). The molecule has 1 aliphatic rings. The van der Waals surface area contributed by atoms with Crippen molar-refractivity contribution in [2.75, 3.05) is 19.8 Å². The summed E-state index contributed by atoms with van der Waals surface area (Å²) in [6, 6.07) is 7.52. The van der Waals surface area contributed by atoms with Gasteiger partial charge in [-0.1, -0.05) is 31.2 Å². The number of nitrogens with one attached hydrogen (secondary N) is 3. The zero-order valence-corrected chi connectivity index (χ0v) is 16.9. The lowest BCUT2D eigenvalue weighted by molar-refractivity contribution is -0.123. The van der Waals surface area contributed by atoms with Crippen molar-refractivity contribution in [3.05, 3.63) is 35.4 Å². The molecule has 6 nitrogen and oxygen atoms in total. The minimum absolute atomic E-state index is 0.0939. The molecule has 3 N–H and O–H groups in total. The molecular formula is C21H33N3O3. The van der Waals surface area contributed by atoms with Gasteiger partial charge in [-0.15, -0.1) is 0 Å². The number of benzene rings is 1. The Morgan fingerprint density at radius 3 is 2.44 bits per heavy atom. The molecule has 150 valence electrons. The fourth-order valence-electron chi connectivity index (χ4n) is 3.50. The summed E-state index contributed by atoms with van der Waals surface area (Å²) in [6.07, 6.45) is 2.58. The summed E-state index contributed by atoms with van der Waals surface area (Å²) in [5, 5.41) is 8.61. The monoisotopic (exact) mass is 375 g/mol. The normalized spacial score (nSPS) is 18.2. The van der Waals surface area contributed by atoms with Gasteiger partial charge >= 0.3 is 6.03 Å². The number of rotatable bonds is 7. The van der Waals surface area contributed by atoms with E-state index in [1.54, 1.807) is 6.92 Å². The topological polar surface area (TPSA) is 79.5 Å². The Labute approximate surface area is 162 Å². The van der Waals surface area contributed by atoms with Crippen LogP contribution in [0.25, 0.3) is 0 Å². The van der Waals surface area contributed by atoms with Crippen LogP contribution in [-0.4, -0.2) is 43.8 Å². The summed E-state index contributed by atoms with van der Waals surface area (Å²) in [7, 11) is 0. The van der Waals surface area contributed by atoms with Gasteiger partial charge in [0.25, 0.3) is 0 Å². The average molecular weight is 376 g/mol. The van der Waals surface area contributed by atoms with Crippen molar-refractivity contribution >= 4 is 11.9 Å². The lowest BCUT2D eigenvalue weighted by Crippen LogP contribution is -2.53. The van der Waals surface area contributed by atoms with Crippen LogP contribution in [0.3, 0.4) is 0 Å². The van der Waals surface area contributed by atoms with Crippen molar-refractivity contribution in [3.63, 3.8) is 0 Å². The van der Waals surface area contributed by atoms with Gasteiger partial charge in [0.2, 0.25) is 5.91 Å². The Morgan fingerprint density at radius 2 is 1.81 bits per heavy atom. The zero-order chi connectivity index (χ0) is 19.9. The van der Waals surface area contributed by atoms with Crippen LogP contribution in [0.5, 0.6) is 0 Å². The highest BCUT2D eigenvalue weighted by molar-refractivity contribution is 5.86. The first-order valence-corrected chi connectivity index (χ1v) is 9.86. The van der Waals surface area contributed by atoms with Gasteiger partial charge in [-0.25, -0.2) is 4.79 Å². The summed E-state index contributed by atoms with van der Waals surface area (Å²) in [5.74, 6) is -0.167. The van der Waals surface area contributed by atoms with Crippen molar-refractivity contribution < 1.29 is 14.3 Å². The fraction of sp³-hybridized carbons (Fsp3) is 0.619. The maximum atomic E-state index is 12.4. The van der Waals surface area contributed by atoms with Crippen molar-refractivity contribution in [2.45, 2.75) is 64.5 Å². The van der Waals surface area contributed by atoms with Crippen molar-refractivity contribution in [1.82, 2.24) is 16.0 Å². The molecule has 0 aromatic heterocycles. The van der Waals surface area contributed by atoms with E-state index < -0.39 is 6.04 Å². The highest BCUT2D eigenvalue weighted by atomic mass is 16.5. The van der Waals surface area contributed by atoms with Gasteiger partial charge in [0, 0.05) is 31.2 Å². The molecule has 1 heterocycles. The molecule has 0 spiro atoms. The first-order valence-electron chi connectivity index (χ1n) is 9.86. The molecular weight excluding hydrogens is 342 g/mol. The van der Waals surface area contributed by atoms with E-state index in [0.29, 0.717) is 19.8 Å². The maximum absolute atomic E-state index is 12.4. The molecule has 3 amide bonds. The Morgan fingerprint density at radius 1 is 1.15 bits per heavy atom. The minimum Gasteiger partial charge on any atom is -0.381 e. The third-order valence-corrected chi connectivity index (χ3v) is 5.50. The van der Waals surface area contributed by atoms with E-state index in [0.717, 1.165) is 19.3 Å². The van der Waals surface area contributed by atoms with Gasteiger partial charge in [0.1, 0.15) is 6.04 Å². The second-order valence-corrected chi connectivity index (χ2v) is 7.57. The summed E-state index contributed by atoms with van der Waals surface area (Å²) >= 11 is 0. The highest BCUT2D eigenvalue weighted by Crippen LogP contribution is 2.36. The molecule has 1 aliphatic heterocycles. The Kier molecular flexibility index (Phi) is 7.66. The van der Waals surface area contributed by atoms with Crippen LogP contribution in [0.2, 0.25) is 0 Å². The van der Waals surface area contributed by atoms with Crippen molar-refractivity contribution in [3.8, 4) is 0 Å². The maximum Gasteiger partial charge on any atom is 0.315 e. The fourth-order valence-corrected chi connectivity index (χ4v) is 3.50. The smallest absolute Gasteiger partial charge is 0.315 e. The van der Waals surface area contributed by atoms with E-state index in [-0.39, 0.29) is 23.4 Å². The minimum atomic E-state index is -0.580. The third kappa shape index (κ3) is 5.70. The summed E-state index contributed by atoms with van der Waals surface area (Å²) in [6.45, 7) is 9.65. The molecule has 0 bridgehead atoms. The second kappa shape index (κ2) is 9.74. The zero-order valence-electron chi connectivity index (χ0n) is 16.9. The number of ether oxygens (including phenoxy) is 1. The molecule has 1 saturated heterocycles. The van der Waals surface area contributed by atoms with Gasteiger partial charge in [0.15, 0.2) is 0 Å². The number of carbonyl (C=O) groups excluding carboxylic acids is 2. The van der Waals surface area contributed by atoms with E-state index in [1.165, 1.54) is 11.1 Å². The Bertz CT molecular complexity index is 641. The number of hydrogen-bond acceptors (Lipinski definition) is 3. The first kappa shape index (κ1) is 21.2. The Hall–Kier alpha value is -2.08. The standard InChI is InChI=1S/C21H33N3O3/c1-5-16(3)23-19(25)17(4)24-20(26)22-14-21(10-12-27-13-11-21)18-9-7-6-8-15(18)2/h6-9,16-17H,5,10-14H2,1-4H3,(H,23,25)(H2,22,24,26). The number of amides is 3. The second-order valence-electron chi connectivity index (χ2n) is 7.57. The quantitative estimate of drug-likeness (QED) is 0.685. The summed E-state index contributed by atoms with van der Waals surface area (Å²) < 4.78 is 5.56. The molecule has 0 aliphatic carbocycles. The van der Waals surface area contributed by atoms with Crippen LogP contribution >= 0.6 is 0 Å². The van der Waals surface area contributed by atoms with E-state index in [4.69, 9.17) is 4.74 Å². The van der Waals surface area contributed by atoms with Crippen molar-refractivity contribution in [2.24, 2.45) is 0 Å². The molecule has 2 unspecified atom stereocenters. The van der Waals surface area contributed by atoms with Gasteiger partial charge < -0.3 is 20.7 Å². The number of hydrogen-bond donors (Lipinski definition) is 3. The Balaban J connectivity index is 1.98. The third-order valence-electron chi connectivity index (χ3n) is 5.50. The SMILES string of the molecule is CCC(C)NC(=O)C(C)NC(=O)NCC1(c2ccccc2C)CCOCC1. The molecule has 2 atom stereocenters. The summed E-state index contributed by atoms with van der Waals surface area (Å²) in [4.78, 5) is 24.5. The molecule has 27 heavy (non-hydrogen) atoms. The number of aryl methyl sites for hydroxylation is 1. The lowest BCUT2D eigenvalue weighted by Gasteiger charge is -2.39. The largest absolute Gasteiger partial charge is 0.381 e. The van der Waals surface area contributed by atoms with Crippen LogP contribution in [0.15, 0.2) is 24.3 Å². The van der Waals surface area contributed by atoms with Crippen LogP contribution in [0.1, 0.15) is 51.2 Å². The van der Waals surface area contributed by atoms with E-state index in [1.807, 2.05) is 26.0 Å². The first-order chi connectivity index (χ1) is 12.9. The number of urea groups is 1. The van der Waals surface area contributed by atoms with E-state index in [9.17, 15) is 9.59 Å². The van der Waals surface area contributed by atoms with Gasteiger partial charge in [-0.05, 0) is 51.2 Å². The molecule has 1 aromatic rings. The predicted octanol–water partition coefficient (Wildman–Crippen LogP) is 2.65. The molecule has 6 heteroatoms. The highest BCUT2D eigenvalue weighted by Gasteiger charge is 2.36. The van der Waals surface area contributed by atoms with Gasteiger partial charge in [0.05, 0.1) is 0 Å². The number of carbonyl (C=O) groups is 2. The van der Waals surface area contributed by atoms with Crippen molar-refractivity contribution in [1.29, 1.82) is 0 Å². The van der Waals surface area contributed by atoms with Gasteiger partial charge in [-0.2, -0.15) is 0 Å². The van der Waals surface area contributed by atoms with Gasteiger partial charge in [-0.3, -0.25) is 4.79 Å². The predicted molar refractivity (Wildman–Crippen MR) is 107 cm³/mol. The average Bonchev–Trinajstić information content (AvgIpc) is 2.67.